The van der Waals surface area contributed by atoms with Crippen LogP contribution in [-0.2, 0) is 6.42 Å². The number of nitrogens with zero attached hydrogens (tertiary/aromatic N) is 1. The summed E-state index contributed by atoms with van der Waals surface area (Å²) in [7, 11) is 1.65. The Bertz CT molecular complexity index is 655. The lowest BCUT2D eigenvalue weighted by Gasteiger charge is -2.16. The van der Waals surface area contributed by atoms with Crippen LogP contribution >= 0.6 is 11.6 Å². The second kappa shape index (κ2) is 6.46. The Labute approximate surface area is 130 Å². The summed E-state index contributed by atoms with van der Waals surface area (Å²) in [5, 5.41) is 11.1. The highest BCUT2D eigenvalue weighted by Crippen LogP contribution is 2.28. The van der Waals surface area contributed by atoms with Crippen molar-refractivity contribution >= 4 is 11.6 Å². The number of hydrogen-bond donors (Lipinski definition) is 1. The highest BCUT2D eigenvalue weighted by molar-refractivity contribution is 6.31. The van der Waals surface area contributed by atoms with Gasteiger partial charge < -0.3 is 9.84 Å². The molecular weight excluding hydrogens is 286 g/mol. The van der Waals surface area contributed by atoms with E-state index in [1.165, 1.54) is 0 Å². The van der Waals surface area contributed by atoms with Gasteiger partial charge in [-0.25, -0.2) is 0 Å². The van der Waals surface area contributed by atoms with E-state index in [1.54, 1.807) is 13.3 Å². The van der Waals surface area contributed by atoms with Gasteiger partial charge in [0.2, 0.25) is 0 Å². The molecule has 1 atom stereocenters. The van der Waals surface area contributed by atoms with Gasteiger partial charge in [0.1, 0.15) is 5.75 Å². The maximum absolute atomic E-state index is 10.4. The lowest BCUT2D eigenvalue weighted by atomic mass is 10.00. The first-order valence-electron chi connectivity index (χ1n) is 6.87. The van der Waals surface area contributed by atoms with E-state index < -0.39 is 6.10 Å². The summed E-state index contributed by atoms with van der Waals surface area (Å²) in [6.07, 6.45) is 1.57. The van der Waals surface area contributed by atoms with Gasteiger partial charge in [0.15, 0.2) is 0 Å². The molecule has 3 nitrogen and oxygen atoms in total. The largest absolute Gasteiger partial charge is 0.496 e. The normalized spacial score (nSPS) is 12.3. The van der Waals surface area contributed by atoms with Crippen molar-refractivity contribution in [3.8, 4) is 5.75 Å². The van der Waals surface area contributed by atoms with E-state index in [9.17, 15) is 5.11 Å². The molecule has 0 radical (unpaired) electrons. The minimum absolute atomic E-state index is 0.432. The predicted octanol–water partition coefficient (Wildman–Crippen LogP) is 3.94. The minimum Gasteiger partial charge on any atom is -0.496 e. The zero-order chi connectivity index (χ0) is 15.6. The molecule has 1 heterocycles. The first-order valence-corrected chi connectivity index (χ1v) is 7.25. The molecule has 0 saturated carbocycles. The van der Waals surface area contributed by atoms with E-state index in [1.807, 2.05) is 39.0 Å². The van der Waals surface area contributed by atoms with E-state index in [4.69, 9.17) is 16.3 Å². The number of methoxy groups -OCH3 is 1. The molecule has 112 valence electrons. The number of pyridine rings is 1. The molecule has 0 fully saturated rings. The van der Waals surface area contributed by atoms with E-state index in [-0.39, 0.29) is 0 Å². The molecular formula is C17H20ClNO2. The molecule has 2 aromatic rings. The molecule has 0 saturated heterocycles. The van der Waals surface area contributed by atoms with Crippen molar-refractivity contribution in [2.24, 2.45) is 0 Å². The average molecular weight is 306 g/mol. The Balaban J connectivity index is 2.27. The molecule has 0 bridgehead atoms. The second-order valence-corrected chi connectivity index (χ2v) is 5.68. The number of aliphatic hydroxyl groups excluding tert-OH is 1. The van der Waals surface area contributed by atoms with Crippen molar-refractivity contribution in [2.75, 3.05) is 7.11 Å². The SMILES string of the molecule is COc1c(C)cnc(CC(O)c2ccc(C)c(Cl)c2)c1C. The van der Waals surface area contributed by atoms with Gasteiger partial charge in [0.25, 0.3) is 0 Å². The fourth-order valence-electron chi connectivity index (χ4n) is 2.39. The summed E-state index contributed by atoms with van der Waals surface area (Å²) < 4.78 is 5.40. The van der Waals surface area contributed by atoms with E-state index in [0.29, 0.717) is 11.4 Å². The third-order valence-corrected chi connectivity index (χ3v) is 4.12. The fraction of sp³-hybridized carbons (Fsp3) is 0.353. The minimum atomic E-state index is -0.637. The summed E-state index contributed by atoms with van der Waals surface area (Å²) in [4.78, 5) is 4.42. The number of halogens is 1. The number of aryl methyl sites for hydroxylation is 2. The quantitative estimate of drug-likeness (QED) is 0.930. The van der Waals surface area contributed by atoms with Crippen LogP contribution in [0.4, 0.5) is 0 Å². The molecule has 0 aliphatic carbocycles. The molecule has 0 aliphatic rings. The number of hydrogen-bond acceptors (Lipinski definition) is 3. The third-order valence-electron chi connectivity index (χ3n) is 3.72. The zero-order valence-corrected chi connectivity index (χ0v) is 13.5. The average Bonchev–Trinajstić information content (AvgIpc) is 2.45. The smallest absolute Gasteiger partial charge is 0.128 e. The molecule has 1 aromatic carbocycles. The Morgan fingerprint density at radius 3 is 2.57 bits per heavy atom. The van der Waals surface area contributed by atoms with Crippen LogP contribution in [0.1, 0.15) is 34.1 Å². The van der Waals surface area contributed by atoms with Crippen molar-refractivity contribution in [2.45, 2.75) is 33.3 Å². The highest BCUT2D eigenvalue weighted by atomic mass is 35.5. The van der Waals surface area contributed by atoms with Gasteiger partial charge in [0.05, 0.1) is 13.2 Å². The maximum Gasteiger partial charge on any atom is 0.128 e. The van der Waals surface area contributed by atoms with E-state index in [2.05, 4.69) is 4.98 Å². The molecule has 4 heteroatoms. The number of aliphatic hydroxyl groups is 1. The Morgan fingerprint density at radius 2 is 1.95 bits per heavy atom. The van der Waals surface area contributed by atoms with Gasteiger partial charge in [-0.2, -0.15) is 0 Å². The van der Waals surface area contributed by atoms with Crippen molar-refractivity contribution in [1.82, 2.24) is 4.98 Å². The summed E-state index contributed by atoms with van der Waals surface area (Å²) in [6, 6.07) is 5.62. The lowest BCUT2D eigenvalue weighted by molar-refractivity contribution is 0.177. The molecule has 0 aliphatic heterocycles. The summed E-state index contributed by atoms with van der Waals surface area (Å²) >= 11 is 6.11. The number of rotatable bonds is 4. The van der Waals surface area contributed by atoms with Gasteiger partial charge in [-0.15, -0.1) is 0 Å². The molecule has 1 N–H and O–H groups in total. The lowest BCUT2D eigenvalue weighted by Crippen LogP contribution is -2.07. The first-order chi connectivity index (χ1) is 9.93. The molecule has 2 rings (SSSR count). The Morgan fingerprint density at radius 1 is 1.24 bits per heavy atom. The van der Waals surface area contributed by atoms with Crippen LogP contribution in [0.3, 0.4) is 0 Å². The fourth-order valence-corrected chi connectivity index (χ4v) is 2.58. The first kappa shape index (κ1) is 15.8. The van der Waals surface area contributed by atoms with Crippen LogP contribution in [0.15, 0.2) is 24.4 Å². The number of benzene rings is 1. The molecule has 0 amide bonds. The molecule has 21 heavy (non-hydrogen) atoms. The van der Waals surface area contributed by atoms with E-state index in [0.717, 1.165) is 33.7 Å². The van der Waals surface area contributed by atoms with Crippen LogP contribution in [0, 0.1) is 20.8 Å². The van der Waals surface area contributed by atoms with Crippen molar-refractivity contribution in [1.29, 1.82) is 0 Å². The highest BCUT2D eigenvalue weighted by Gasteiger charge is 2.15. The molecule has 0 spiro atoms. The zero-order valence-electron chi connectivity index (χ0n) is 12.8. The summed E-state index contributed by atoms with van der Waals surface area (Å²) in [5.41, 5.74) is 4.59. The monoisotopic (exact) mass is 305 g/mol. The van der Waals surface area contributed by atoms with Gasteiger partial charge in [-0.3, -0.25) is 4.98 Å². The van der Waals surface area contributed by atoms with Crippen LogP contribution < -0.4 is 4.74 Å². The van der Waals surface area contributed by atoms with Crippen LogP contribution in [-0.4, -0.2) is 17.2 Å². The van der Waals surface area contributed by atoms with Gasteiger partial charge in [-0.05, 0) is 38.0 Å². The van der Waals surface area contributed by atoms with Crippen molar-refractivity contribution in [3.05, 3.63) is 57.4 Å². The molecule has 1 unspecified atom stereocenters. The van der Waals surface area contributed by atoms with Gasteiger partial charge in [-0.1, -0.05) is 23.7 Å². The van der Waals surface area contributed by atoms with Crippen LogP contribution in [0.5, 0.6) is 5.75 Å². The summed E-state index contributed by atoms with van der Waals surface area (Å²) in [6.45, 7) is 5.86. The van der Waals surface area contributed by atoms with Crippen molar-refractivity contribution in [3.63, 3.8) is 0 Å². The van der Waals surface area contributed by atoms with Crippen LogP contribution in [0.25, 0.3) is 0 Å². The van der Waals surface area contributed by atoms with Crippen LogP contribution in [0.2, 0.25) is 5.02 Å². The van der Waals surface area contributed by atoms with E-state index >= 15 is 0 Å². The third kappa shape index (κ3) is 3.36. The second-order valence-electron chi connectivity index (χ2n) is 5.27. The Kier molecular flexibility index (Phi) is 4.86. The summed E-state index contributed by atoms with van der Waals surface area (Å²) in [5.74, 6) is 0.828. The van der Waals surface area contributed by atoms with Crippen molar-refractivity contribution < 1.29 is 9.84 Å². The number of ether oxygens (including phenoxy) is 1. The predicted molar refractivity (Wildman–Crippen MR) is 85.1 cm³/mol. The van der Waals surface area contributed by atoms with Gasteiger partial charge >= 0.3 is 0 Å². The molecule has 1 aromatic heterocycles. The standard InChI is InChI=1S/C17H20ClNO2/c1-10-5-6-13(7-14(10)18)16(20)8-15-12(3)17(21-4)11(2)9-19-15/h5-7,9,16,20H,8H2,1-4H3. The van der Waals surface area contributed by atoms with Gasteiger partial charge in [0, 0.05) is 34.5 Å². The Hall–Kier alpha value is -1.58. The maximum atomic E-state index is 10.4. The number of aromatic nitrogens is 1. The topological polar surface area (TPSA) is 42.4 Å².